The molecule has 0 aliphatic heterocycles. The van der Waals surface area contributed by atoms with Gasteiger partial charge in [0.2, 0.25) is 0 Å². The molecule has 5 heteroatoms. The summed E-state index contributed by atoms with van der Waals surface area (Å²) in [6.45, 7) is 0. The van der Waals surface area contributed by atoms with Gasteiger partial charge in [0, 0.05) is 0 Å². The molecule has 0 atom stereocenters. The second-order valence-electron chi connectivity index (χ2n) is 0. The van der Waals surface area contributed by atoms with Crippen LogP contribution in [0, 0.1) is 45.0 Å². The molecule has 0 rings (SSSR count). The van der Waals surface area contributed by atoms with Gasteiger partial charge in [0.05, 0.1) is 0 Å². The van der Waals surface area contributed by atoms with E-state index in [-0.39, 0.29) is 112 Å². The minimum Gasteiger partial charge on any atom is -1.00 e. The van der Waals surface area contributed by atoms with Crippen LogP contribution in [-0.4, -0.2) is 0 Å². The quantitative estimate of drug-likeness (QED) is 0.379. The van der Waals surface area contributed by atoms with E-state index in [1.165, 1.54) is 0 Å². The summed E-state index contributed by atoms with van der Waals surface area (Å²) in [4.78, 5) is 0. The zero-order chi connectivity index (χ0) is 0. The monoisotopic (exact) mass is 354 g/mol. The van der Waals surface area contributed by atoms with Crippen LogP contribution in [0.25, 0.3) is 0 Å². The van der Waals surface area contributed by atoms with Crippen molar-refractivity contribution in [3.63, 3.8) is 0 Å². The first-order valence-corrected chi connectivity index (χ1v) is 0. The second-order valence-corrected chi connectivity index (χ2v) is 0. The van der Waals surface area contributed by atoms with Gasteiger partial charge in [-0.3, -0.25) is 0 Å². The van der Waals surface area contributed by atoms with Gasteiger partial charge < -0.3 is 37.2 Å². The van der Waals surface area contributed by atoms with Crippen molar-refractivity contribution in [2.24, 2.45) is 0 Å². The van der Waals surface area contributed by atoms with Crippen LogP contribution in [0.5, 0.6) is 0 Å². The van der Waals surface area contributed by atoms with E-state index >= 15 is 0 Å². The molecule has 0 radical (unpaired) electrons. The first-order chi connectivity index (χ1) is 0. The van der Waals surface area contributed by atoms with Gasteiger partial charge in [-0.05, 0) is 0 Å². The molecule has 0 unspecified atom stereocenters. The Morgan fingerprint density at radius 2 is 0.600 bits per heavy atom. The summed E-state index contributed by atoms with van der Waals surface area (Å²) in [7, 11) is 0. The van der Waals surface area contributed by atoms with Crippen LogP contribution >= 0.6 is 0 Å². The summed E-state index contributed by atoms with van der Waals surface area (Å²) in [6.07, 6.45) is 0. The average molecular weight is 355 g/mol. The first-order valence-electron chi connectivity index (χ1n) is 0. The maximum absolute atomic E-state index is 0. The first kappa shape index (κ1) is 40.3. The van der Waals surface area contributed by atoms with Gasteiger partial charge in [-0.1, -0.05) is 0 Å². The predicted octanol–water partition coefficient (Wildman–Crippen LogP) is -12.0. The molecule has 0 aromatic rings. The molecule has 0 heterocycles. The fourth-order valence-corrected chi connectivity index (χ4v) is 0. The molecule has 0 aliphatic rings. The van der Waals surface area contributed by atoms with Gasteiger partial charge in [-0.15, -0.1) is 0 Å². The van der Waals surface area contributed by atoms with Gasteiger partial charge in [0.25, 0.3) is 0 Å². The molecule has 5 heavy (non-hydrogen) atoms. The maximum atomic E-state index is 0. The van der Waals surface area contributed by atoms with E-state index in [2.05, 4.69) is 0 Å². The number of hydrogen-bond acceptors (Lipinski definition) is 0. The van der Waals surface area contributed by atoms with E-state index in [1.54, 1.807) is 0 Å². The zero-order valence-electron chi connectivity index (χ0n) is 2.84. The Balaban J connectivity index is 0. The van der Waals surface area contributed by atoms with Gasteiger partial charge in [0.1, 0.15) is 0 Å². The second kappa shape index (κ2) is 26.5. The molecule has 0 saturated carbocycles. The number of rotatable bonds is 0. The summed E-state index contributed by atoms with van der Waals surface area (Å²) < 4.78 is 0. The Labute approximate surface area is 109 Å². The van der Waals surface area contributed by atoms with E-state index < -0.39 is 0 Å². The third kappa shape index (κ3) is 18.8. The third-order valence-corrected chi connectivity index (χ3v) is 0. The van der Waals surface area contributed by atoms with Crippen molar-refractivity contribution >= 4 is 0 Å². The largest absolute Gasteiger partial charge is 2.00 e. The van der Waals surface area contributed by atoms with Gasteiger partial charge in [0.15, 0.2) is 0 Å². The topological polar surface area (TPSA) is 0 Å². The molecule has 0 fully saturated rings. The van der Waals surface area contributed by atoms with Crippen molar-refractivity contribution in [2.45, 2.75) is 0 Å². The maximum Gasteiger partial charge on any atom is 2.00 e. The van der Waals surface area contributed by atoms with E-state index in [0.717, 1.165) is 0 Å². The molecule has 0 aromatic carbocycles. The van der Waals surface area contributed by atoms with Crippen molar-refractivity contribution in [3.8, 4) is 0 Å². The van der Waals surface area contributed by atoms with Crippen molar-refractivity contribution in [1.82, 2.24) is 0 Å². The molecule has 0 nitrogen and oxygen atoms in total. The third-order valence-electron chi connectivity index (χ3n) is 0. The summed E-state index contributed by atoms with van der Waals surface area (Å²) in [5, 5.41) is 0. The normalized spacial score (nSPS) is 0. The zero-order valence-corrected chi connectivity index (χ0v) is 12.9. The van der Waals surface area contributed by atoms with E-state index in [0.29, 0.717) is 0 Å². The SMILES string of the molecule is [Cl-].[Cl-].[Cl-].[Na+].[Ra+2]. The summed E-state index contributed by atoms with van der Waals surface area (Å²) in [6, 6.07) is 0. The smallest absolute Gasteiger partial charge is 1.00 e. The Bertz CT molecular complexity index is 6.85. The number of hydrogen-bond donors (Lipinski definition) is 0. The van der Waals surface area contributed by atoms with E-state index in [1.807, 2.05) is 0 Å². The minimum atomic E-state index is 0. The van der Waals surface area contributed by atoms with E-state index in [4.69, 9.17) is 0 Å². The molecule has 0 aliphatic carbocycles. The summed E-state index contributed by atoms with van der Waals surface area (Å²) >= 11 is 0. The molecule has 0 N–H and O–H groups in total. The molecule has 24 valence electrons. The molecular weight excluding hydrogens is 355 g/mol. The Morgan fingerprint density at radius 1 is 0.600 bits per heavy atom. The van der Waals surface area contributed by atoms with Crippen LogP contribution < -0.4 is 66.8 Å². The number of halogens is 3. The predicted molar refractivity (Wildman–Crippen MR) is 0 cm³/mol. The Kier molecular flexibility index (Phi) is 213. The molecule has 0 amide bonds. The van der Waals surface area contributed by atoms with Gasteiger partial charge in [-0.2, -0.15) is 0 Å². The average Bonchev–Trinajstić information content (AvgIpc) is 0. The summed E-state index contributed by atoms with van der Waals surface area (Å²) in [5.74, 6) is 0. The van der Waals surface area contributed by atoms with Crippen LogP contribution in [0.3, 0.4) is 0 Å². The fourth-order valence-electron chi connectivity index (χ4n) is 0. The van der Waals surface area contributed by atoms with Crippen LogP contribution in [-0.2, 0) is 0 Å². The summed E-state index contributed by atoms with van der Waals surface area (Å²) in [5.41, 5.74) is 0. The van der Waals surface area contributed by atoms with Gasteiger partial charge >= 0.3 is 74.6 Å². The van der Waals surface area contributed by atoms with Crippen molar-refractivity contribution in [2.75, 3.05) is 0 Å². The van der Waals surface area contributed by atoms with Crippen LogP contribution in [0.4, 0.5) is 0 Å². The molecule has 0 aromatic heterocycles. The van der Waals surface area contributed by atoms with Gasteiger partial charge in [-0.25, -0.2) is 0 Å². The minimum absolute atomic E-state index is 0. The van der Waals surface area contributed by atoms with Crippen molar-refractivity contribution < 1.29 is 112 Å². The molecule has 0 bridgehead atoms. The Morgan fingerprint density at radius 3 is 0.600 bits per heavy atom. The molecular formula is Cl3NaRa. The molecule has 0 spiro atoms. The van der Waals surface area contributed by atoms with Crippen molar-refractivity contribution in [1.29, 1.82) is 0 Å². The van der Waals surface area contributed by atoms with Crippen LogP contribution in [0.1, 0.15) is 0 Å². The molecule has 0 saturated heterocycles. The van der Waals surface area contributed by atoms with Crippen LogP contribution in [0.2, 0.25) is 0 Å². The van der Waals surface area contributed by atoms with Crippen LogP contribution in [0.15, 0.2) is 0 Å². The van der Waals surface area contributed by atoms with Crippen molar-refractivity contribution in [3.05, 3.63) is 0 Å². The fraction of sp³-hybridized carbons (Fsp3) is 0. The van der Waals surface area contributed by atoms with E-state index in [9.17, 15) is 0 Å². The standard InChI is InChI=1S/3ClH.Na.Ra/h3*1H;;/q;;;+1;+2/p-3. The Hall–Kier alpha value is 3.34.